The second-order valence-electron chi connectivity index (χ2n) is 9.10. The average molecular weight is 425 g/mol. The van der Waals surface area contributed by atoms with E-state index >= 15 is 0 Å². The summed E-state index contributed by atoms with van der Waals surface area (Å²) in [6.07, 6.45) is 5.26. The molecule has 1 heterocycles. The summed E-state index contributed by atoms with van der Waals surface area (Å²) in [4.78, 5) is 28.1. The largest absolute Gasteiger partial charge is 0.379 e. The second kappa shape index (κ2) is 13.1. The molecule has 0 radical (unpaired) electrons. The number of carbonyl (C=O) groups is 2. The number of nitrogens with zero attached hydrogens (tertiary/aromatic N) is 2. The highest BCUT2D eigenvalue weighted by atomic mass is 16.5. The summed E-state index contributed by atoms with van der Waals surface area (Å²) in [5, 5.41) is 0. The van der Waals surface area contributed by atoms with E-state index in [9.17, 15) is 9.59 Å². The van der Waals surface area contributed by atoms with E-state index in [-0.39, 0.29) is 30.2 Å². The first-order chi connectivity index (χ1) is 14.2. The molecule has 0 bridgehead atoms. The molecule has 0 saturated carbocycles. The molecule has 30 heavy (non-hydrogen) atoms. The summed E-state index contributed by atoms with van der Waals surface area (Å²) < 4.78 is 11.5. The molecular weight excluding hydrogens is 380 g/mol. The van der Waals surface area contributed by atoms with Crippen LogP contribution in [-0.2, 0) is 19.1 Å². The van der Waals surface area contributed by atoms with Crippen LogP contribution in [0.2, 0.25) is 0 Å². The zero-order valence-electron chi connectivity index (χ0n) is 20.2. The molecule has 1 rings (SSSR count). The molecule has 1 saturated heterocycles. The molecule has 1 fully saturated rings. The summed E-state index contributed by atoms with van der Waals surface area (Å²) >= 11 is 0. The number of likely N-dealkylation sites (N-methyl/N-ethyl adjacent to an activating group) is 1. The maximum atomic E-state index is 12.8. The standard InChI is InChI=1S/C24H44N2O4/c1-9-18(4)24(25(6)23(28)15-17(2)3)22(30-8)16-19(5)26-13-10-11-20(26)21(29-7)12-14-27/h14,17-18,20-22,24H,5,9-13,15-16H2,1-4,6-8H3. The summed E-state index contributed by atoms with van der Waals surface area (Å²) in [6.45, 7) is 13.8. The van der Waals surface area contributed by atoms with Crippen molar-refractivity contribution in [2.24, 2.45) is 11.8 Å². The van der Waals surface area contributed by atoms with Crippen molar-refractivity contribution in [3.8, 4) is 0 Å². The van der Waals surface area contributed by atoms with Crippen LogP contribution < -0.4 is 0 Å². The van der Waals surface area contributed by atoms with Crippen LogP contribution >= 0.6 is 0 Å². The van der Waals surface area contributed by atoms with Gasteiger partial charge in [-0.05, 0) is 24.7 Å². The smallest absolute Gasteiger partial charge is 0.222 e. The Morgan fingerprint density at radius 3 is 2.40 bits per heavy atom. The van der Waals surface area contributed by atoms with Crippen molar-refractivity contribution >= 4 is 12.2 Å². The molecule has 1 aliphatic heterocycles. The minimum Gasteiger partial charge on any atom is -0.379 e. The van der Waals surface area contributed by atoms with Gasteiger partial charge in [0.1, 0.15) is 6.29 Å². The third-order valence-corrected chi connectivity index (χ3v) is 6.54. The molecule has 0 aromatic rings. The van der Waals surface area contributed by atoms with Crippen molar-refractivity contribution in [2.75, 3.05) is 27.8 Å². The lowest BCUT2D eigenvalue weighted by atomic mass is 9.89. The van der Waals surface area contributed by atoms with E-state index in [4.69, 9.17) is 9.47 Å². The molecule has 0 aliphatic carbocycles. The van der Waals surface area contributed by atoms with Gasteiger partial charge in [0.15, 0.2) is 0 Å². The van der Waals surface area contributed by atoms with Crippen molar-refractivity contribution in [1.29, 1.82) is 0 Å². The Balaban J connectivity index is 2.99. The van der Waals surface area contributed by atoms with Gasteiger partial charge in [0.2, 0.25) is 5.91 Å². The quantitative estimate of drug-likeness (QED) is 0.396. The Labute approximate surface area is 184 Å². The van der Waals surface area contributed by atoms with Gasteiger partial charge in [-0.1, -0.05) is 40.7 Å². The molecule has 1 aliphatic rings. The molecule has 5 atom stereocenters. The summed E-state index contributed by atoms with van der Waals surface area (Å²) in [5.74, 6) is 0.787. The maximum absolute atomic E-state index is 12.8. The van der Waals surface area contributed by atoms with E-state index in [1.807, 2.05) is 11.9 Å². The van der Waals surface area contributed by atoms with E-state index in [0.29, 0.717) is 31.1 Å². The van der Waals surface area contributed by atoms with Gasteiger partial charge in [-0.2, -0.15) is 0 Å². The fraction of sp³-hybridized carbons (Fsp3) is 0.833. The van der Waals surface area contributed by atoms with Crippen LogP contribution in [0.1, 0.15) is 66.2 Å². The number of methoxy groups -OCH3 is 2. The highest BCUT2D eigenvalue weighted by molar-refractivity contribution is 5.76. The van der Waals surface area contributed by atoms with E-state index in [2.05, 4.69) is 39.2 Å². The lowest BCUT2D eigenvalue weighted by Gasteiger charge is -2.40. The van der Waals surface area contributed by atoms with Gasteiger partial charge in [-0.15, -0.1) is 0 Å². The molecule has 6 heteroatoms. The van der Waals surface area contributed by atoms with Crippen LogP contribution in [-0.4, -0.2) is 74.1 Å². The normalized spacial score (nSPS) is 20.7. The van der Waals surface area contributed by atoms with E-state index in [1.165, 1.54) is 0 Å². The van der Waals surface area contributed by atoms with Crippen LogP contribution in [0.5, 0.6) is 0 Å². The third kappa shape index (κ3) is 7.09. The van der Waals surface area contributed by atoms with Crippen molar-refractivity contribution in [3.63, 3.8) is 0 Å². The Kier molecular flexibility index (Phi) is 11.6. The molecule has 0 spiro atoms. The van der Waals surface area contributed by atoms with Crippen LogP contribution in [0, 0.1) is 11.8 Å². The minimum atomic E-state index is -0.137. The molecule has 0 N–H and O–H groups in total. The maximum Gasteiger partial charge on any atom is 0.222 e. The number of carbonyl (C=O) groups excluding carboxylic acids is 2. The third-order valence-electron chi connectivity index (χ3n) is 6.54. The van der Waals surface area contributed by atoms with Gasteiger partial charge < -0.3 is 24.1 Å². The van der Waals surface area contributed by atoms with Crippen LogP contribution in [0.15, 0.2) is 12.3 Å². The molecule has 0 aromatic carbocycles. The van der Waals surface area contributed by atoms with Crippen LogP contribution in [0.25, 0.3) is 0 Å². The van der Waals surface area contributed by atoms with E-state index in [1.54, 1.807) is 14.2 Å². The molecule has 5 unspecified atom stereocenters. The molecule has 1 amide bonds. The number of hydrogen-bond donors (Lipinski definition) is 0. The summed E-state index contributed by atoms with van der Waals surface area (Å²) in [5.41, 5.74) is 0.996. The summed E-state index contributed by atoms with van der Waals surface area (Å²) in [6, 6.07) is 0.143. The Bertz CT molecular complexity index is 551. The Morgan fingerprint density at radius 1 is 1.23 bits per heavy atom. The van der Waals surface area contributed by atoms with Crippen molar-refractivity contribution in [1.82, 2.24) is 9.80 Å². The lowest BCUT2D eigenvalue weighted by Crippen LogP contribution is -2.50. The van der Waals surface area contributed by atoms with Gasteiger partial charge in [0.05, 0.1) is 24.3 Å². The van der Waals surface area contributed by atoms with Crippen molar-refractivity contribution in [3.05, 3.63) is 12.3 Å². The van der Waals surface area contributed by atoms with Crippen molar-refractivity contribution in [2.45, 2.75) is 90.5 Å². The minimum absolute atomic E-state index is 0.0164. The van der Waals surface area contributed by atoms with Gasteiger partial charge >= 0.3 is 0 Å². The number of hydrogen-bond acceptors (Lipinski definition) is 5. The number of ether oxygens (including phenoxy) is 2. The SMILES string of the molecule is C=C(CC(OC)C(C(C)CC)N(C)C(=O)CC(C)C)N1CCCC1C(CC=O)OC. The molecular formula is C24H44N2O4. The highest BCUT2D eigenvalue weighted by Crippen LogP contribution is 2.31. The molecule has 0 aromatic heterocycles. The van der Waals surface area contributed by atoms with E-state index < -0.39 is 0 Å². The van der Waals surface area contributed by atoms with E-state index in [0.717, 1.165) is 37.8 Å². The number of likely N-dealkylation sites (tertiary alicyclic amines) is 1. The number of amides is 1. The number of rotatable bonds is 14. The topological polar surface area (TPSA) is 59.1 Å². The summed E-state index contributed by atoms with van der Waals surface area (Å²) in [7, 11) is 5.29. The monoisotopic (exact) mass is 424 g/mol. The molecule has 6 nitrogen and oxygen atoms in total. The Hall–Kier alpha value is -1.40. The average Bonchev–Trinajstić information content (AvgIpc) is 3.20. The molecule has 174 valence electrons. The lowest BCUT2D eigenvalue weighted by molar-refractivity contribution is -0.137. The zero-order chi connectivity index (χ0) is 22.8. The Morgan fingerprint density at radius 2 is 1.90 bits per heavy atom. The first-order valence-electron chi connectivity index (χ1n) is 11.4. The van der Waals surface area contributed by atoms with Gasteiger partial charge in [-0.25, -0.2) is 0 Å². The first-order valence-corrected chi connectivity index (χ1v) is 11.4. The predicted octanol–water partition coefficient (Wildman–Crippen LogP) is 3.89. The van der Waals surface area contributed by atoms with Gasteiger partial charge in [0.25, 0.3) is 0 Å². The second-order valence-corrected chi connectivity index (χ2v) is 9.10. The fourth-order valence-electron chi connectivity index (χ4n) is 4.67. The number of aldehydes is 1. The zero-order valence-corrected chi connectivity index (χ0v) is 20.2. The first kappa shape index (κ1) is 26.6. The predicted molar refractivity (Wildman–Crippen MR) is 121 cm³/mol. The fourth-order valence-corrected chi connectivity index (χ4v) is 4.67. The van der Waals surface area contributed by atoms with Crippen LogP contribution in [0.3, 0.4) is 0 Å². The highest BCUT2D eigenvalue weighted by Gasteiger charge is 2.36. The van der Waals surface area contributed by atoms with Crippen molar-refractivity contribution < 1.29 is 19.1 Å². The van der Waals surface area contributed by atoms with Gasteiger partial charge in [0, 0.05) is 52.8 Å². The van der Waals surface area contributed by atoms with Crippen LogP contribution in [0.4, 0.5) is 0 Å². The van der Waals surface area contributed by atoms with Gasteiger partial charge in [-0.3, -0.25) is 4.79 Å².